The van der Waals surface area contributed by atoms with Crippen LogP contribution in [0.3, 0.4) is 0 Å². The molecule has 214 valence electrons. The Morgan fingerprint density at radius 2 is 1.37 bits per heavy atom. The highest BCUT2D eigenvalue weighted by atomic mass is 16.7. The van der Waals surface area contributed by atoms with Gasteiger partial charge in [-0.2, -0.15) is 0 Å². The second-order valence-corrected chi connectivity index (χ2v) is 9.64. The van der Waals surface area contributed by atoms with Crippen LogP contribution in [0.25, 0.3) is 0 Å². The molecular formula is C27H41NO10. The molecule has 0 aromatic heterocycles. The minimum absolute atomic E-state index is 0.0260. The third kappa shape index (κ3) is 13.8. The minimum Gasteiger partial charge on any atom is -0.462 e. The molecule has 1 aromatic rings. The van der Waals surface area contributed by atoms with Gasteiger partial charge in [0.25, 0.3) is 0 Å². The van der Waals surface area contributed by atoms with Crippen LogP contribution in [-0.2, 0) is 35.0 Å². The van der Waals surface area contributed by atoms with E-state index in [0.717, 1.165) is 0 Å². The van der Waals surface area contributed by atoms with E-state index in [4.69, 9.17) is 34.2 Å². The Bertz CT molecular complexity index is 915. The first-order chi connectivity index (χ1) is 17.9. The van der Waals surface area contributed by atoms with Gasteiger partial charge in [0.15, 0.2) is 11.5 Å². The fourth-order valence-electron chi connectivity index (χ4n) is 2.81. The van der Waals surface area contributed by atoms with Crippen LogP contribution >= 0.6 is 0 Å². The van der Waals surface area contributed by atoms with E-state index in [-0.39, 0.29) is 44.2 Å². The van der Waals surface area contributed by atoms with Crippen molar-refractivity contribution in [1.29, 1.82) is 0 Å². The summed E-state index contributed by atoms with van der Waals surface area (Å²) in [7, 11) is 0. The monoisotopic (exact) mass is 539 g/mol. The number of nitrogens with two attached hydrogens (primary N) is 1. The van der Waals surface area contributed by atoms with Gasteiger partial charge < -0.3 is 34.2 Å². The van der Waals surface area contributed by atoms with Crippen LogP contribution < -0.4 is 15.2 Å². The molecule has 0 radical (unpaired) electrons. The van der Waals surface area contributed by atoms with Crippen molar-refractivity contribution in [3.05, 3.63) is 23.8 Å². The van der Waals surface area contributed by atoms with Gasteiger partial charge in [-0.15, -0.1) is 0 Å². The molecule has 0 aliphatic rings. The third-order valence-corrected chi connectivity index (χ3v) is 5.07. The van der Waals surface area contributed by atoms with Crippen LogP contribution in [-0.4, -0.2) is 56.2 Å². The number of esters is 2. The molecule has 2 atom stereocenters. The van der Waals surface area contributed by atoms with Crippen molar-refractivity contribution < 1.29 is 47.6 Å². The molecule has 0 spiro atoms. The van der Waals surface area contributed by atoms with Gasteiger partial charge in [-0.3, -0.25) is 9.59 Å². The molecule has 38 heavy (non-hydrogen) atoms. The minimum atomic E-state index is -1.06. The molecule has 11 heteroatoms. The topological polar surface area (TPSA) is 150 Å². The molecule has 1 rings (SSSR count). The van der Waals surface area contributed by atoms with Gasteiger partial charge in [0, 0.05) is 6.42 Å². The molecule has 0 unspecified atom stereocenters. The van der Waals surface area contributed by atoms with Crippen molar-refractivity contribution >= 4 is 24.2 Å². The van der Waals surface area contributed by atoms with E-state index in [0.29, 0.717) is 30.2 Å². The number of benzene rings is 1. The van der Waals surface area contributed by atoms with Gasteiger partial charge in [-0.25, -0.2) is 9.59 Å². The summed E-state index contributed by atoms with van der Waals surface area (Å²) in [5.74, 6) is -0.599. The maximum absolute atomic E-state index is 12.4. The number of rotatable bonds is 15. The maximum Gasteiger partial charge on any atom is 0.513 e. The second kappa shape index (κ2) is 17.2. The molecule has 0 aliphatic heterocycles. The maximum atomic E-state index is 12.4. The van der Waals surface area contributed by atoms with Crippen molar-refractivity contribution in [2.24, 2.45) is 17.6 Å². The zero-order valence-corrected chi connectivity index (χ0v) is 23.2. The fraction of sp³-hybridized carbons (Fsp3) is 0.630. The van der Waals surface area contributed by atoms with E-state index in [1.165, 1.54) is 12.1 Å². The summed E-state index contributed by atoms with van der Waals surface area (Å²) < 4.78 is 30.9. The normalized spacial score (nSPS) is 12.4. The van der Waals surface area contributed by atoms with Gasteiger partial charge >= 0.3 is 24.2 Å². The van der Waals surface area contributed by atoms with E-state index in [1.807, 2.05) is 27.7 Å². The molecule has 0 saturated heterocycles. The molecular weight excluding hydrogens is 498 g/mol. The number of carbonyl (C=O) groups is 4. The number of ether oxygens (including phenoxy) is 6. The van der Waals surface area contributed by atoms with Gasteiger partial charge in [0.05, 0.1) is 13.2 Å². The van der Waals surface area contributed by atoms with Gasteiger partial charge in [-0.05, 0) is 55.7 Å². The van der Waals surface area contributed by atoms with Crippen LogP contribution in [0.1, 0.15) is 66.4 Å². The van der Waals surface area contributed by atoms with Crippen LogP contribution in [0.15, 0.2) is 18.2 Å². The Hall–Kier alpha value is -3.34. The van der Waals surface area contributed by atoms with Crippen LogP contribution in [0, 0.1) is 11.8 Å². The first kappa shape index (κ1) is 32.7. The number of carbonyl (C=O) groups excluding carboxylic acids is 4. The van der Waals surface area contributed by atoms with E-state index in [9.17, 15) is 19.2 Å². The fourth-order valence-corrected chi connectivity index (χ4v) is 2.81. The van der Waals surface area contributed by atoms with E-state index < -0.39 is 36.4 Å². The lowest BCUT2D eigenvalue weighted by atomic mass is 10.1. The summed E-state index contributed by atoms with van der Waals surface area (Å²) in [6.07, 6.45) is -1.06. The van der Waals surface area contributed by atoms with Crippen molar-refractivity contribution in [3.8, 4) is 11.5 Å². The smallest absolute Gasteiger partial charge is 0.462 e. The quantitative estimate of drug-likeness (QED) is 0.190. The highest BCUT2D eigenvalue weighted by molar-refractivity contribution is 5.76. The molecule has 1 aromatic carbocycles. The van der Waals surface area contributed by atoms with Gasteiger partial charge in [0.1, 0.15) is 18.8 Å². The Morgan fingerprint density at radius 3 is 1.89 bits per heavy atom. The Morgan fingerprint density at radius 1 is 0.816 bits per heavy atom. The van der Waals surface area contributed by atoms with E-state index >= 15 is 0 Å². The molecule has 0 saturated carbocycles. The zero-order valence-electron chi connectivity index (χ0n) is 23.2. The summed E-state index contributed by atoms with van der Waals surface area (Å²) in [5.41, 5.74) is 6.51. The highest BCUT2D eigenvalue weighted by Crippen LogP contribution is 2.30. The van der Waals surface area contributed by atoms with Gasteiger partial charge in [-0.1, -0.05) is 40.7 Å². The third-order valence-electron chi connectivity index (χ3n) is 5.07. The number of hydrogen-bond acceptors (Lipinski definition) is 11. The highest BCUT2D eigenvalue weighted by Gasteiger charge is 2.22. The first-order valence-electron chi connectivity index (χ1n) is 12.8. The molecule has 0 bridgehead atoms. The van der Waals surface area contributed by atoms with Gasteiger partial charge in [0.2, 0.25) is 0 Å². The predicted octanol–water partition coefficient (Wildman–Crippen LogP) is 4.56. The van der Waals surface area contributed by atoms with E-state index in [1.54, 1.807) is 19.9 Å². The van der Waals surface area contributed by atoms with Crippen LogP contribution in [0.4, 0.5) is 9.59 Å². The molecule has 2 N–H and O–H groups in total. The summed E-state index contributed by atoms with van der Waals surface area (Å²) in [4.78, 5) is 48.0. The lowest BCUT2D eigenvalue weighted by molar-refractivity contribution is -0.158. The van der Waals surface area contributed by atoms with Crippen LogP contribution in [0.2, 0.25) is 0 Å². The molecule has 0 amide bonds. The summed E-state index contributed by atoms with van der Waals surface area (Å²) in [6, 6.07) is 3.33. The van der Waals surface area contributed by atoms with Crippen molar-refractivity contribution in [1.82, 2.24) is 0 Å². The largest absolute Gasteiger partial charge is 0.513 e. The zero-order chi connectivity index (χ0) is 28.7. The molecule has 11 nitrogen and oxygen atoms in total. The van der Waals surface area contributed by atoms with Crippen molar-refractivity contribution in [2.75, 3.05) is 19.8 Å². The number of hydrogen-bond donors (Lipinski definition) is 1. The second-order valence-electron chi connectivity index (χ2n) is 9.64. The predicted molar refractivity (Wildman–Crippen MR) is 138 cm³/mol. The molecule has 0 fully saturated rings. The SMILES string of the molecule is CCC(=O)OC[C@H](C)OC(=O)[C@@H](N)Cc1ccc(OC(=O)OCCC(C)C)c(OC(=O)OCCC(C)C)c1. The van der Waals surface area contributed by atoms with Crippen LogP contribution in [0.5, 0.6) is 11.5 Å². The Balaban J connectivity index is 2.89. The Labute approximate surface area is 224 Å². The average Bonchev–Trinajstić information content (AvgIpc) is 2.83. The molecule has 0 aliphatic carbocycles. The standard InChI is InChI=1S/C27H41NO10/c1-7-24(29)35-16-19(6)36-25(30)21(28)14-20-8-9-22(37-26(31)33-12-10-17(2)3)23(15-20)38-27(32)34-13-11-18(4)5/h8-9,15,17-19,21H,7,10-14,16,28H2,1-6H3/t19-,21-/m0/s1. The Kier molecular flexibility index (Phi) is 14.8. The first-order valence-corrected chi connectivity index (χ1v) is 12.8. The lowest BCUT2D eigenvalue weighted by Crippen LogP contribution is -2.37. The lowest BCUT2D eigenvalue weighted by Gasteiger charge is -2.17. The van der Waals surface area contributed by atoms with Crippen molar-refractivity contribution in [2.45, 2.75) is 79.4 Å². The van der Waals surface area contributed by atoms with Crippen molar-refractivity contribution in [3.63, 3.8) is 0 Å². The summed E-state index contributed by atoms with van der Waals surface area (Å²) in [5, 5.41) is 0. The summed E-state index contributed by atoms with van der Waals surface area (Å²) >= 11 is 0. The van der Waals surface area contributed by atoms with E-state index in [2.05, 4.69) is 0 Å². The average molecular weight is 540 g/mol. The summed E-state index contributed by atoms with van der Waals surface area (Å²) in [6.45, 7) is 11.5. The molecule has 0 heterocycles.